The molecule has 0 radical (unpaired) electrons. The van der Waals surface area contributed by atoms with Gasteiger partial charge in [0, 0.05) is 0 Å². The highest BCUT2D eigenvalue weighted by Crippen LogP contribution is 2.30. The SMILES string of the molecule is Cc1ccc([C@@](C)(O)[C@H](O)CS(=O)(=O)c2nc3ccccc3s2)cc1. The van der Waals surface area contributed by atoms with Crippen LogP contribution in [0.15, 0.2) is 52.9 Å². The molecule has 0 saturated heterocycles. The molecule has 0 fully saturated rings. The number of benzene rings is 2. The van der Waals surface area contributed by atoms with Gasteiger partial charge >= 0.3 is 0 Å². The quantitative estimate of drug-likeness (QED) is 0.714. The van der Waals surface area contributed by atoms with Gasteiger partial charge in [0.25, 0.3) is 0 Å². The van der Waals surface area contributed by atoms with E-state index in [0.29, 0.717) is 11.1 Å². The van der Waals surface area contributed by atoms with Crippen molar-refractivity contribution in [3.63, 3.8) is 0 Å². The standard InChI is InChI=1S/C18H19NO4S2/c1-12-7-9-13(10-8-12)18(2,21)16(20)11-25(22,23)17-19-14-5-3-4-6-15(14)24-17/h3-10,16,20-21H,11H2,1-2H3/t16-,18-/m1/s1. The van der Waals surface area contributed by atoms with Crippen LogP contribution in [0.25, 0.3) is 10.2 Å². The molecule has 0 unspecified atom stereocenters. The van der Waals surface area contributed by atoms with Gasteiger partial charge in [0.15, 0.2) is 0 Å². The molecule has 0 bridgehead atoms. The lowest BCUT2D eigenvalue weighted by molar-refractivity contribution is -0.0552. The van der Waals surface area contributed by atoms with E-state index in [2.05, 4.69) is 4.98 Å². The van der Waals surface area contributed by atoms with E-state index in [1.807, 2.05) is 13.0 Å². The van der Waals surface area contributed by atoms with Gasteiger partial charge in [-0.2, -0.15) is 0 Å². The molecule has 0 spiro atoms. The highest BCUT2D eigenvalue weighted by molar-refractivity contribution is 7.93. The summed E-state index contributed by atoms with van der Waals surface area (Å²) in [6, 6.07) is 14.1. The molecule has 2 aromatic carbocycles. The fourth-order valence-corrected chi connectivity index (χ4v) is 5.31. The first-order chi connectivity index (χ1) is 11.7. The molecule has 1 heterocycles. The molecule has 1 aromatic heterocycles. The Bertz CT molecular complexity index is 958. The van der Waals surface area contributed by atoms with Crippen LogP contribution in [-0.2, 0) is 15.4 Å². The molecule has 0 aliphatic carbocycles. The van der Waals surface area contributed by atoms with Gasteiger partial charge in [0.2, 0.25) is 14.2 Å². The molecule has 25 heavy (non-hydrogen) atoms. The van der Waals surface area contributed by atoms with Gasteiger partial charge in [-0.1, -0.05) is 42.0 Å². The first kappa shape index (κ1) is 18.0. The predicted octanol–water partition coefficient (Wildman–Crippen LogP) is 2.65. The topological polar surface area (TPSA) is 87.5 Å². The van der Waals surface area contributed by atoms with E-state index in [9.17, 15) is 18.6 Å². The number of fused-ring (bicyclic) bond motifs is 1. The minimum Gasteiger partial charge on any atom is -0.389 e. The Balaban J connectivity index is 1.87. The fourth-order valence-electron chi connectivity index (χ4n) is 2.51. The van der Waals surface area contributed by atoms with Crippen LogP contribution in [0.5, 0.6) is 0 Å². The third-order valence-corrected chi connectivity index (χ3v) is 7.42. The van der Waals surface area contributed by atoms with E-state index in [0.717, 1.165) is 21.6 Å². The Morgan fingerprint density at radius 1 is 1.16 bits per heavy atom. The molecule has 2 atom stereocenters. The number of aryl methyl sites for hydroxylation is 1. The third kappa shape index (κ3) is 3.59. The van der Waals surface area contributed by atoms with Crippen molar-refractivity contribution in [2.75, 3.05) is 5.75 Å². The predicted molar refractivity (Wildman–Crippen MR) is 98.4 cm³/mol. The minimum atomic E-state index is -3.82. The van der Waals surface area contributed by atoms with Gasteiger partial charge in [0.05, 0.1) is 16.0 Å². The van der Waals surface area contributed by atoms with Crippen LogP contribution >= 0.6 is 11.3 Å². The number of rotatable bonds is 5. The molecular formula is C18H19NO4S2. The average molecular weight is 377 g/mol. The number of para-hydroxylation sites is 1. The maximum Gasteiger partial charge on any atom is 0.210 e. The Labute approximate surface area is 150 Å². The van der Waals surface area contributed by atoms with Crippen molar-refractivity contribution in [3.8, 4) is 0 Å². The molecule has 2 N–H and O–H groups in total. The normalized spacial score (nSPS) is 15.8. The van der Waals surface area contributed by atoms with Gasteiger partial charge in [-0.15, -0.1) is 11.3 Å². The van der Waals surface area contributed by atoms with Crippen LogP contribution in [0.4, 0.5) is 0 Å². The van der Waals surface area contributed by atoms with Crippen LogP contribution in [0.3, 0.4) is 0 Å². The minimum absolute atomic E-state index is 0.0487. The Morgan fingerprint density at radius 2 is 1.80 bits per heavy atom. The average Bonchev–Trinajstić information content (AvgIpc) is 3.00. The molecule has 0 aliphatic rings. The van der Waals surface area contributed by atoms with E-state index < -0.39 is 27.3 Å². The van der Waals surface area contributed by atoms with Gasteiger partial charge in [-0.25, -0.2) is 13.4 Å². The molecule has 132 valence electrons. The second kappa shape index (κ2) is 6.49. The number of thiazole rings is 1. The monoisotopic (exact) mass is 377 g/mol. The van der Waals surface area contributed by atoms with E-state index in [4.69, 9.17) is 0 Å². The number of aromatic nitrogens is 1. The summed E-state index contributed by atoms with van der Waals surface area (Å²) in [6.07, 6.45) is -1.48. The number of aliphatic hydroxyl groups is 2. The lowest BCUT2D eigenvalue weighted by Crippen LogP contribution is -2.41. The van der Waals surface area contributed by atoms with Gasteiger partial charge < -0.3 is 10.2 Å². The Morgan fingerprint density at radius 3 is 2.44 bits per heavy atom. The number of aliphatic hydroxyl groups excluding tert-OH is 1. The fraction of sp³-hybridized carbons (Fsp3) is 0.278. The summed E-state index contributed by atoms with van der Waals surface area (Å²) in [4.78, 5) is 4.14. The molecule has 0 saturated carbocycles. The van der Waals surface area contributed by atoms with Crippen LogP contribution in [0.1, 0.15) is 18.1 Å². The summed E-state index contributed by atoms with van der Waals surface area (Å²) in [5.74, 6) is -0.603. The molecule has 0 amide bonds. The molecule has 3 aromatic rings. The van der Waals surface area contributed by atoms with Crippen LogP contribution in [0.2, 0.25) is 0 Å². The van der Waals surface area contributed by atoms with Crippen molar-refractivity contribution in [1.82, 2.24) is 4.98 Å². The van der Waals surface area contributed by atoms with E-state index in [1.165, 1.54) is 6.92 Å². The summed E-state index contributed by atoms with van der Waals surface area (Å²) in [6.45, 7) is 3.32. The maximum atomic E-state index is 12.6. The van der Waals surface area contributed by atoms with E-state index in [-0.39, 0.29) is 4.34 Å². The van der Waals surface area contributed by atoms with Crippen molar-refractivity contribution in [2.24, 2.45) is 0 Å². The number of nitrogens with zero attached hydrogens (tertiary/aromatic N) is 1. The Hall–Kier alpha value is -1.80. The summed E-state index contributed by atoms with van der Waals surface area (Å²) in [5.41, 5.74) is 0.393. The van der Waals surface area contributed by atoms with Crippen molar-refractivity contribution < 1.29 is 18.6 Å². The van der Waals surface area contributed by atoms with Crippen LogP contribution in [0, 0.1) is 6.92 Å². The van der Waals surface area contributed by atoms with Gasteiger partial charge in [-0.05, 0) is 31.5 Å². The third-order valence-electron chi connectivity index (χ3n) is 4.20. The number of sulfone groups is 1. The zero-order valence-corrected chi connectivity index (χ0v) is 15.5. The first-order valence-electron chi connectivity index (χ1n) is 7.76. The lowest BCUT2D eigenvalue weighted by Gasteiger charge is -2.29. The zero-order valence-electron chi connectivity index (χ0n) is 13.9. The number of hydrogen-bond acceptors (Lipinski definition) is 6. The molecule has 5 nitrogen and oxygen atoms in total. The van der Waals surface area contributed by atoms with E-state index in [1.54, 1.807) is 42.5 Å². The van der Waals surface area contributed by atoms with Crippen LogP contribution < -0.4 is 0 Å². The molecule has 3 rings (SSSR count). The lowest BCUT2D eigenvalue weighted by atomic mass is 9.90. The second-order valence-electron chi connectivity index (χ2n) is 6.26. The second-order valence-corrected chi connectivity index (χ2v) is 9.50. The van der Waals surface area contributed by atoms with Gasteiger partial charge in [-0.3, -0.25) is 0 Å². The summed E-state index contributed by atoms with van der Waals surface area (Å²) in [7, 11) is -3.82. The molecule has 7 heteroatoms. The van der Waals surface area contributed by atoms with Crippen molar-refractivity contribution in [3.05, 3.63) is 59.7 Å². The van der Waals surface area contributed by atoms with Crippen molar-refractivity contribution >= 4 is 31.4 Å². The smallest absolute Gasteiger partial charge is 0.210 e. The zero-order chi connectivity index (χ0) is 18.2. The number of hydrogen-bond donors (Lipinski definition) is 2. The maximum absolute atomic E-state index is 12.6. The summed E-state index contributed by atoms with van der Waals surface area (Å²) >= 11 is 1.06. The van der Waals surface area contributed by atoms with E-state index >= 15 is 0 Å². The highest BCUT2D eigenvalue weighted by atomic mass is 32.2. The van der Waals surface area contributed by atoms with Crippen molar-refractivity contribution in [2.45, 2.75) is 29.9 Å². The molecular weight excluding hydrogens is 358 g/mol. The highest BCUT2D eigenvalue weighted by Gasteiger charge is 2.37. The first-order valence-corrected chi connectivity index (χ1v) is 10.2. The van der Waals surface area contributed by atoms with Crippen LogP contribution in [-0.4, -0.2) is 35.5 Å². The largest absolute Gasteiger partial charge is 0.389 e. The Kier molecular flexibility index (Phi) is 4.68. The summed E-state index contributed by atoms with van der Waals surface area (Å²) in [5, 5.41) is 21.1. The molecule has 0 aliphatic heterocycles. The van der Waals surface area contributed by atoms with Crippen molar-refractivity contribution in [1.29, 1.82) is 0 Å². The van der Waals surface area contributed by atoms with Gasteiger partial charge in [0.1, 0.15) is 11.7 Å². The summed E-state index contributed by atoms with van der Waals surface area (Å²) < 4.78 is 26.0.